The molecule has 0 heterocycles. The van der Waals surface area contributed by atoms with E-state index in [-0.39, 0.29) is 0 Å². The second kappa shape index (κ2) is 6.01. The van der Waals surface area contributed by atoms with Crippen molar-refractivity contribution in [2.75, 3.05) is 33.2 Å². The number of nitrogens with one attached hydrogen (secondary N) is 1. The van der Waals surface area contributed by atoms with E-state index in [1.165, 1.54) is 25.8 Å². The van der Waals surface area contributed by atoms with Gasteiger partial charge in [-0.15, -0.1) is 6.42 Å². The van der Waals surface area contributed by atoms with Gasteiger partial charge in [0.1, 0.15) is 0 Å². The van der Waals surface area contributed by atoms with E-state index >= 15 is 0 Å². The molecule has 1 fully saturated rings. The number of hydrogen-bond donors (Lipinski definition) is 1. The lowest BCUT2D eigenvalue weighted by molar-refractivity contribution is 0.206. The highest BCUT2D eigenvalue weighted by molar-refractivity contribution is 4.86. The molecule has 1 saturated carbocycles. The largest absolute Gasteiger partial charge is 0.305 e. The van der Waals surface area contributed by atoms with Crippen molar-refractivity contribution in [3.8, 4) is 12.3 Å². The van der Waals surface area contributed by atoms with Gasteiger partial charge < -0.3 is 10.2 Å². The monoisotopic (exact) mass is 180 g/mol. The fourth-order valence-electron chi connectivity index (χ4n) is 1.64. The van der Waals surface area contributed by atoms with Gasteiger partial charge in [0.25, 0.3) is 0 Å². The van der Waals surface area contributed by atoms with Crippen molar-refractivity contribution in [2.24, 2.45) is 5.92 Å². The van der Waals surface area contributed by atoms with Crippen molar-refractivity contribution in [1.29, 1.82) is 0 Å². The molecule has 0 radical (unpaired) electrons. The molecular formula is C11H20N2. The van der Waals surface area contributed by atoms with E-state index in [4.69, 9.17) is 6.42 Å². The summed E-state index contributed by atoms with van der Waals surface area (Å²) in [6, 6.07) is 0. The Labute approximate surface area is 81.7 Å². The van der Waals surface area contributed by atoms with Crippen molar-refractivity contribution in [3.63, 3.8) is 0 Å². The Morgan fingerprint density at radius 2 is 2.31 bits per heavy atom. The number of terminal acetylenes is 1. The van der Waals surface area contributed by atoms with E-state index in [9.17, 15) is 0 Å². The van der Waals surface area contributed by atoms with Gasteiger partial charge in [-0.1, -0.05) is 12.3 Å². The van der Waals surface area contributed by atoms with Crippen molar-refractivity contribution < 1.29 is 0 Å². The summed E-state index contributed by atoms with van der Waals surface area (Å²) in [7, 11) is 2.19. The van der Waals surface area contributed by atoms with E-state index < -0.39 is 0 Å². The summed E-state index contributed by atoms with van der Waals surface area (Å²) in [6.45, 7) is 4.07. The molecule has 1 aliphatic carbocycles. The Kier molecular flexibility index (Phi) is 4.88. The highest BCUT2D eigenvalue weighted by atomic mass is 15.1. The van der Waals surface area contributed by atoms with Gasteiger partial charge >= 0.3 is 0 Å². The topological polar surface area (TPSA) is 15.3 Å². The fourth-order valence-corrected chi connectivity index (χ4v) is 1.64. The van der Waals surface area contributed by atoms with E-state index in [0.717, 1.165) is 19.0 Å². The second-order valence-corrected chi connectivity index (χ2v) is 3.94. The Morgan fingerprint density at radius 3 is 2.85 bits per heavy atom. The standard InChI is InChI=1S/C11H20N2/c1-3-7-12-8-9-13(2)10-11-5-4-6-11/h1,11-12H,4-10H2,2H3. The second-order valence-electron chi connectivity index (χ2n) is 3.94. The van der Waals surface area contributed by atoms with Crippen LogP contribution >= 0.6 is 0 Å². The van der Waals surface area contributed by atoms with E-state index in [1.807, 2.05) is 0 Å². The van der Waals surface area contributed by atoms with Crippen LogP contribution in [0.5, 0.6) is 0 Å². The smallest absolute Gasteiger partial charge is 0.0574 e. The minimum Gasteiger partial charge on any atom is -0.305 e. The first-order chi connectivity index (χ1) is 6.33. The Bertz CT molecular complexity index is 167. The third-order valence-electron chi connectivity index (χ3n) is 2.69. The van der Waals surface area contributed by atoms with Crippen LogP contribution in [-0.2, 0) is 0 Å². The maximum Gasteiger partial charge on any atom is 0.0574 e. The first kappa shape index (κ1) is 10.6. The lowest BCUT2D eigenvalue weighted by Gasteiger charge is -2.30. The molecule has 0 aromatic rings. The lowest BCUT2D eigenvalue weighted by Crippen LogP contribution is -2.34. The maximum absolute atomic E-state index is 5.13. The van der Waals surface area contributed by atoms with Crippen LogP contribution in [0.15, 0.2) is 0 Å². The molecule has 0 bridgehead atoms. The molecule has 0 saturated heterocycles. The number of rotatable bonds is 6. The minimum absolute atomic E-state index is 0.692. The zero-order chi connectivity index (χ0) is 9.52. The van der Waals surface area contributed by atoms with Crippen LogP contribution in [-0.4, -0.2) is 38.1 Å². The summed E-state index contributed by atoms with van der Waals surface area (Å²) in [5, 5.41) is 3.20. The average molecular weight is 180 g/mol. The molecule has 0 aromatic heterocycles. The summed E-state index contributed by atoms with van der Waals surface area (Å²) in [5.74, 6) is 3.54. The highest BCUT2D eigenvalue weighted by Crippen LogP contribution is 2.26. The Balaban J connectivity index is 1.91. The molecule has 0 spiro atoms. The Morgan fingerprint density at radius 1 is 1.54 bits per heavy atom. The average Bonchev–Trinajstić information content (AvgIpc) is 2.06. The van der Waals surface area contributed by atoms with Gasteiger partial charge in [0.2, 0.25) is 0 Å². The summed E-state index contributed by atoms with van der Waals surface area (Å²) in [5.41, 5.74) is 0. The molecular weight excluding hydrogens is 160 g/mol. The zero-order valence-electron chi connectivity index (χ0n) is 8.55. The van der Waals surface area contributed by atoms with Gasteiger partial charge in [-0.05, 0) is 25.8 Å². The fraction of sp³-hybridized carbons (Fsp3) is 0.818. The van der Waals surface area contributed by atoms with Crippen LogP contribution in [0.3, 0.4) is 0 Å². The highest BCUT2D eigenvalue weighted by Gasteiger charge is 2.18. The normalized spacial score (nSPS) is 17.0. The lowest BCUT2D eigenvalue weighted by atomic mass is 9.85. The van der Waals surface area contributed by atoms with Gasteiger partial charge in [0, 0.05) is 19.6 Å². The molecule has 0 unspecified atom stereocenters. The number of nitrogens with zero attached hydrogens (tertiary/aromatic N) is 1. The third-order valence-corrected chi connectivity index (χ3v) is 2.69. The molecule has 2 nitrogen and oxygen atoms in total. The first-order valence-corrected chi connectivity index (χ1v) is 5.15. The Hall–Kier alpha value is -0.520. The molecule has 0 amide bonds. The van der Waals surface area contributed by atoms with Crippen molar-refractivity contribution in [2.45, 2.75) is 19.3 Å². The summed E-state index contributed by atoms with van der Waals surface area (Å²) in [6.07, 6.45) is 9.43. The SMILES string of the molecule is C#CCNCCN(C)CC1CCC1. The number of likely N-dealkylation sites (N-methyl/N-ethyl adjacent to an activating group) is 1. The molecule has 1 N–H and O–H groups in total. The first-order valence-electron chi connectivity index (χ1n) is 5.15. The van der Waals surface area contributed by atoms with E-state index in [0.29, 0.717) is 6.54 Å². The van der Waals surface area contributed by atoms with Crippen LogP contribution in [0.25, 0.3) is 0 Å². The van der Waals surface area contributed by atoms with Crippen LogP contribution in [0.2, 0.25) is 0 Å². The quantitative estimate of drug-likeness (QED) is 0.483. The van der Waals surface area contributed by atoms with Gasteiger partial charge in [0.15, 0.2) is 0 Å². The van der Waals surface area contributed by atoms with Gasteiger partial charge in [-0.3, -0.25) is 0 Å². The molecule has 13 heavy (non-hydrogen) atoms. The van der Waals surface area contributed by atoms with E-state index in [2.05, 4.69) is 23.2 Å². The van der Waals surface area contributed by atoms with Crippen molar-refractivity contribution in [1.82, 2.24) is 10.2 Å². The molecule has 2 heteroatoms. The molecule has 0 atom stereocenters. The third kappa shape index (κ3) is 4.31. The minimum atomic E-state index is 0.692. The molecule has 0 aromatic carbocycles. The summed E-state index contributed by atoms with van der Waals surface area (Å²) >= 11 is 0. The molecule has 0 aliphatic heterocycles. The van der Waals surface area contributed by atoms with Gasteiger partial charge in [0.05, 0.1) is 6.54 Å². The molecule has 1 rings (SSSR count). The van der Waals surface area contributed by atoms with Gasteiger partial charge in [-0.25, -0.2) is 0 Å². The number of hydrogen-bond acceptors (Lipinski definition) is 2. The van der Waals surface area contributed by atoms with Crippen LogP contribution in [0.1, 0.15) is 19.3 Å². The van der Waals surface area contributed by atoms with Crippen molar-refractivity contribution in [3.05, 3.63) is 0 Å². The summed E-state index contributed by atoms with van der Waals surface area (Å²) in [4.78, 5) is 2.40. The molecule has 1 aliphatic rings. The maximum atomic E-state index is 5.13. The zero-order valence-corrected chi connectivity index (χ0v) is 8.55. The van der Waals surface area contributed by atoms with Crippen LogP contribution in [0, 0.1) is 18.3 Å². The van der Waals surface area contributed by atoms with Gasteiger partial charge in [-0.2, -0.15) is 0 Å². The summed E-state index contributed by atoms with van der Waals surface area (Å²) < 4.78 is 0. The molecule has 74 valence electrons. The predicted octanol–water partition coefficient (Wildman–Crippen LogP) is 0.941. The van der Waals surface area contributed by atoms with Crippen molar-refractivity contribution >= 4 is 0 Å². The van der Waals surface area contributed by atoms with E-state index in [1.54, 1.807) is 0 Å². The van der Waals surface area contributed by atoms with Crippen LogP contribution < -0.4 is 5.32 Å². The van der Waals surface area contributed by atoms with Crippen LogP contribution in [0.4, 0.5) is 0 Å². The predicted molar refractivity (Wildman–Crippen MR) is 56.5 cm³/mol.